The van der Waals surface area contributed by atoms with Gasteiger partial charge in [-0.2, -0.15) is 0 Å². The molecule has 0 radical (unpaired) electrons. The minimum absolute atomic E-state index is 0.0347. The first-order chi connectivity index (χ1) is 7.94. The van der Waals surface area contributed by atoms with E-state index in [1.165, 1.54) is 12.3 Å². The normalized spacial score (nSPS) is 11.5. The zero-order valence-electron chi connectivity index (χ0n) is 9.11. The van der Waals surface area contributed by atoms with Crippen LogP contribution in [0.25, 0.3) is 0 Å². The van der Waals surface area contributed by atoms with Crippen molar-refractivity contribution in [1.82, 2.24) is 9.71 Å². The molecule has 0 bridgehead atoms. The fraction of sp³-hybridized carbons (Fsp3) is 0.444. The van der Waals surface area contributed by atoms with E-state index in [1.54, 1.807) is 6.92 Å². The molecule has 5 nitrogen and oxygen atoms in total. The van der Waals surface area contributed by atoms with E-state index < -0.39 is 10.0 Å². The molecule has 17 heavy (non-hydrogen) atoms. The maximum Gasteiger partial charge on any atom is 0.232 e. The summed E-state index contributed by atoms with van der Waals surface area (Å²) in [6.45, 7) is 1.87. The second kappa shape index (κ2) is 6.39. The van der Waals surface area contributed by atoms with Gasteiger partial charge in [0, 0.05) is 12.7 Å². The first-order valence-corrected chi connectivity index (χ1v) is 7.26. The van der Waals surface area contributed by atoms with Crippen molar-refractivity contribution in [2.24, 2.45) is 0 Å². The maximum atomic E-state index is 11.1. The van der Waals surface area contributed by atoms with Crippen LogP contribution in [-0.4, -0.2) is 32.3 Å². The van der Waals surface area contributed by atoms with Crippen LogP contribution in [-0.2, 0) is 10.0 Å². The van der Waals surface area contributed by atoms with E-state index in [1.807, 2.05) is 0 Å². The molecule has 0 amide bonds. The van der Waals surface area contributed by atoms with Crippen molar-refractivity contribution in [2.75, 3.05) is 18.9 Å². The molecule has 1 rings (SSSR count). The molecule has 1 aromatic heterocycles. The summed E-state index contributed by atoms with van der Waals surface area (Å²) >= 11 is 11.5. The van der Waals surface area contributed by atoms with Crippen LogP contribution in [0.5, 0.6) is 5.88 Å². The van der Waals surface area contributed by atoms with Crippen LogP contribution in [0, 0.1) is 0 Å². The smallest absolute Gasteiger partial charge is 0.232 e. The number of aromatic nitrogens is 1. The van der Waals surface area contributed by atoms with Gasteiger partial charge in [0.05, 0.1) is 10.8 Å². The molecule has 0 unspecified atom stereocenters. The number of halogens is 2. The fourth-order valence-corrected chi connectivity index (χ4v) is 1.99. The lowest BCUT2D eigenvalue weighted by molar-refractivity contribution is 0.311. The Labute approximate surface area is 110 Å². The third-order valence-corrected chi connectivity index (χ3v) is 3.70. The van der Waals surface area contributed by atoms with Gasteiger partial charge in [0.25, 0.3) is 0 Å². The zero-order chi connectivity index (χ0) is 12.9. The maximum absolute atomic E-state index is 11.1. The minimum Gasteiger partial charge on any atom is -0.475 e. The minimum atomic E-state index is -3.20. The summed E-state index contributed by atoms with van der Waals surface area (Å²) < 4.78 is 29.8. The van der Waals surface area contributed by atoms with E-state index in [0.29, 0.717) is 5.02 Å². The lowest BCUT2D eigenvalue weighted by Gasteiger charge is -2.07. The van der Waals surface area contributed by atoms with Gasteiger partial charge in [-0.3, -0.25) is 0 Å². The molecule has 8 heteroatoms. The number of hydrogen-bond acceptors (Lipinski definition) is 4. The van der Waals surface area contributed by atoms with Crippen LogP contribution in [0.3, 0.4) is 0 Å². The molecule has 96 valence electrons. The molecule has 1 heterocycles. The third-order valence-electron chi connectivity index (χ3n) is 1.82. The number of sulfonamides is 1. The molecule has 0 aliphatic rings. The summed E-state index contributed by atoms with van der Waals surface area (Å²) in [6.07, 6.45) is 1.40. The summed E-state index contributed by atoms with van der Waals surface area (Å²) in [7, 11) is -3.20. The Hall–Kier alpha value is -0.560. The largest absolute Gasteiger partial charge is 0.475 e. The van der Waals surface area contributed by atoms with E-state index >= 15 is 0 Å². The molecule has 0 saturated carbocycles. The highest BCUT2D eigenvalue weighted by molar-refractivity contribution is 7.89. The second-order valence-electron chi connectivity index (χ2n) is 3.09. The number of rotatable bonds is 6. The first-order valence-electron chi connectivity index (χ1n) is 4.86. The van der Waals surface area contributed by atoms with Crippen molar-refractivity contribution in [1.29, 1.82) is 0 Å². The monoisotopic (exact) mass is 298 g/mol. The first kappa shape index (κ1) is 14.5. The topological polar surface area (TPSA) is 68.3 Å². The average Bonchev–Trinajstić information content (AvgIpc) is 2.27. The van der Waals surface area contributed by atoms with Gasteiger partial charge in [0.15, 0.2) is 0 Å². The van der Waals surface area contributed by atoms with Crippen molar-refractivity contribution in [2.45, 2.75) is 6.92 Å². The van der Waals surface area contributed by atoms with Crippen molar-refractivity contribution in [3.05, 3.63) is 22.3 Å². The summed E-state index contributed by atoms with van der Waals surface area (Å²) in [5.74, 6) is 0.263. The van der Waals surface area contributed by atoms with E-state index in [4.69, 9.17) is 27.9 Å². The predicted octanol–water partition coefficient (Wildman–Crippen LogP) is 1.71. The van der Waals surface area contributed by atoms with Gasteiger partial charge in [0.2, 0.25) is 15.9 Å². The van der Waals surface area contributed by atoms with Crippen molar-refractivity contribution in [3.8, 4) is 5.88 Å². The van der Waals surface area contributed by atoms with Crippen LogP contribution < -0.4 is 9.46 Å². The number of nitrogens with one attached hydrogen (secondary N) is 1. The van der Waals surface area contributed by atoms with Gasteiger partial charge in [0.1, 0.15) is 11.6 Å². The molecule has 1 aromatic rings. The summed E-state index contributed by atoms with van der Waals surface area (Å²) in [4.78, 5) is 3.87. The quantitative estimate of drug-likeness (QED) is 0.812. The Kier molecular flexibility index (Phi) is 5.45. The predicted molar refractivity (Wildman–Crippen MR) is 67.2 cm³/mol. The molecule has 0 atom stereocenters. The van der Waals surface area contributed by atoms with Crippen molar-refractivity contribution < 1.29 is 13.2 Å². The molecular weight excluding hydrogens is 287 g/mol. The Morgan fingerprint density at radius 2 is 2.18 bits per heavy atom. The van der Waals surface area contributed by atoms with Gasteiger partial charge in [-0.15, -0.1) is 0 Å². The molecule has 0 fully saturated rings. The van der Waals surface area contributed by atoms with Crippen LogP contribution in [0.15, 0.2) is 12.3 Å². The molecule has 0 saturated heterocycles. The molecule has 0 aromatic carbocycles. The van der Waals surface area contributed by atoms with E-state index in [0.717, 1.165) is 0 Å². The van der Waals surface area contributed by atoms with Gasteiger partial charge in [-0.25, -0.2) is 18.1 Å². The van der Waals surface area contributed by atoms with Crippen molar-refractivity contribution >= 4 is 33.2 Å². The SMILES string of the molecule is CCS(=O)(=O)NCCOc1ncc(Cl)cc1Cl. The molecule has 0 aliphatic carbocycles. The standard InChI is InChI=1S/C9H12Cl2N2O3S/c1-2-17(14,15)13-3-4-16-9-8(11)5-7(10)6-12-9/h5-6,13H,2-4H2,1H3. The highest BCUT2D eigenvalue weighted by atomic mass is 35.5. The zero-order valence-corrected chi connectivity index (χ0v) is 11.4. The number of hydrogen-bond donors (Lipinski definition) is 1. The Morgan fingerprint density at radius 1 is 1.47 bits per heavy atom. The molecule has 1 N–H and O–H groups in total. The van der Waals surface area contributed by atoms with Gasteiger partial charge in [-0.05, 0) is 13.0 Å². The van der Waals surface area contributed by atoms with E-state index in [9.17, 15) is 8.42 Å². The van der Waals surface area contributed by atoms with Crippen LogP contribution in [0.4, 0.5) is 0 Å². The highest BCUT2D eigenvalue weighted by Gasteiger charge is 2.07. The van der Waals surface area contributed by atoms with Crippen LogP contribution >= 0.6 is 23.2 Å². The number of nitrogens with zero attached hydrogens (tertiary/aromatic N) is 1. The Morgan fingerprint density at radius 3 is 2.76 bits per heavy atom. The van der Waals surface area contributed by atoms with E-state index in [-0.39, 0.29) is 29.8 Å². The Bertz CT molecular complexity index is 479. The van der Waals surface area contributed by atoms with Crippen molar-refractivity contribution in [3.63, 3.8) is 0 Å². The van der Waals surface area contributed by atoms with Gasteiger partial charge < -0.3 is 4.74 Å². The van der Waals surface area contributed by atoms with Gasteiger partial charge >= 0.3 is 0 Å². The summed E-state index contributed by atoms with van der Waals surface area (Å²) in [5.41, 5.74) is 0. The Balaban J connectivity index is 2.41. The number of pyridine rings is 1. The third kappa shape index (κ3) is 5.08. The molecule has 0 spiro atoms. The van der Waals surface area contributed by atoms with Gasteiger partial charge in [-0.1, -0.05) is 23.2 Å². The lowest BCUT2D eigenvalue weighted by Crippen LogP contribution is -2.29. The molecular formula is C9H12Cl2N2O3S. The summed E-state index contributed by atoms with van der Waals surface area (Å²) in [5, 5.41) is 0.699. The highest BCUT2D eigenvalue weighted by Crippen LogP contribution is 2.24. The van der Waals surface area contributed by atoms with Crippen LogP contribution in [0.1, 0.15) is 6.92 Å². The van der Waals surface area contributed by atoms with E-state index in [2.05, 4.69) is 9.71 Å². The van der Waals surface area contributed by atoms with Crippen LogP contribution in [0.2, 0.25) is 10.0 Å². The summed E-state index contributed by atoms with van der Waals surface area (Å²) in [6, 6.07) is 1.50. The lowest BCUT2D eigenvalue weighted by atomic mass is 10.5. The second-order valence-corrected chi connectivity index (χ2v) is 6.03. The average molecular weight is 299 g/mol. The fourth-order valence-electron chi connectivity index (χ4n) is 0.955. The number of ether oxygens (including phenoxy) is 1. The molecule has 0 aliphatic heterocycles.